The van der Waals surface area contributed by atoms with Crippen LogP contribution in [-0.4, -0.2) is 29.0 Å². The summed E-state index contributed by atoms with van der Waals surface area (Å²) in [4.78, 5) is 7.27. The summed E-state index contributed by atoms with van der Waals surface area (Å²) >= 11 is 0. The number of aromatic nitrogens is 1. The molecule has 0 radical (unpaired) electrons. The predicted octanol–water partition coefficient (Wildman–Crippen LogP) is 2.42. The molecule has 1 aliphatic rings. The van der Waals surface area contributed by atoms with E-state index in [0.29, 0.717) is 6.04 Å². The highest BCUT2D eigenvalue weighted by molar-refractivity contribution is 5.11. The second kappa shape index (κ2) is 6.30. The predicted molar refractivity (Wildman–Crippen MR) is 75.3 cm³/mol. The number of hydrogen-bond donors (Lipinski definition) is 1. The van der Waals surface area contributed by atoms with Crippen LogP contribution in [0.5, 0.6) is 0 Å². The first-order valence-electron chi connectivity index (χ1n) is 7.08. The zero-order valence-electron chi connectivity index (χ0n) is 11.8. The summed E-state index contributed by atoms with van der Waals surface area (Å²) < 4.78 is 0. The number of hydrogen-bond acceptors (Lipinski definition) is 3. The van der Waals surface area contributed by atoms with Gasteiger partial charge in [0, 0.05) is 25.7 Å². The van der Waals surface area contributed by atoms with Gasteiger partial charge in [-0.2, -0.15) is 0 Å². The van der Waals surface area contributed by atoms with Crippen LogP contribution in [0.2, 0.25) is 0 Å². The minimum atomic E-state index is 0.694. The summed E-state index contributed by atoms with van der Waals surface area (Å²) in [5.74, 6) is 0.824. The van der Waals surface area contributed by atoms with Crippen LogP contribution in [0, 0.1) is 5.92 Å². The van der Waals surface area contributed by atoms with Crippen molar-refractivity contribution in [1.29, 1.82) is 0 Å². The Morgan fingerprint density at radius 1 is 1.33 bits per heavy atom. The topological polar surface area (TPSA) is 28.2 Å². The van der Waals surface area contributed by atoms with Gasteiger partial charge in [0.1, 0.15) is 0 Å². The molecule has 1 aliphatic heterocycles. The number of likely N-dealkylation sites (tertiary alicyclic amines) is 1. The van der Waals surface area contributed by atoms with E-state index in [9.17, 15) is 0 Å². The molecule has 1 aromatic rings. The van der Waals surface area contributed by atoms with Crippen molar-refractivity contribution in [2.45, 2.75) is 46.3 Å². The van der Waals surface area contributed by atoms with Crippen LogP contribution < -0.4 is 5.32 Å². The Morgan fingerprint density at radius 2 is 2.11 bits per heavy atom. The molecule has 3 nitrogen and oxygen atoms in total. The molecule has 2 heterocycles. The van der Waals surface area contributed by atoms with Crippen molar-refractivity contribution in [3.63, 3.8) is 0 Å². The Balaban J connectivity index is 1.96. The van der Waals surface area contributed by atoms with Gasteiger partial charge in [-0.15, -0.1) is 0 Å². The SMILES string of the molecule is CCNCc1cccc(CN2CC(C)CC2C)n1. The highest BCUT2D eigenvalue weighted by atomic mass is 15.2. The zero-order chi connectivity index (χ0) is 13.0. The lowest BCUT2D eigenvalue weighted by Gasteiger charge is -2.20. The van der Waals surface area contributed by atoms with Gasteiger partial charge in [-0.05, 0) is 37.9 Å². The maximum absolute atomic E-state index is 4.73. The van der Waals surface area contributed by atoms with E-state index in [4.69, 9.17) is 4.98 Å². The molecule has 1 N–H and O–H groups in total. The van der Waals surface area contributed by atoms with Gasteiger partial charge in [0.2, 0.25) is 0 Å². The van der Waals surface area contributed by atoms with Crippen LogP contribution >= 0.6 is 0 Å². The minimum Gasteiger partial charge on any atom is -0.311 e. The lowest BCUT2D eigenvalue weighted by molar-refractivity contribution is 0.253. The molecule has 2 rings (SSSR count). The van der Waals surface area contributed by atoms with Gasteiger partial charge in [0.25, 0.3) is 0 Å². The van der Waals surface area contributed by atoms with Gasteiger partial charge in [-0.3, -0.25) is 9.88 Å². The summed E-state index contributed by atoms with van der Waals surface area (Å²) in [5.41, 5.74) is 2.35. The van der Waals surface area contributed by atoms with Crippen LogP contribution in [-0.2, 0) is 13.1 Å². The van der Waals surface area contributed by atoms with Gasteiger partial charge in [0.15, 0.2) is 0 Å². The molecule has 0 saturated carbocycles. The van der Waals surface area contributed by atoms with Crippen molar-refractivity contribution >= 4 is 0 Å². The first-order valence-corrected chi connectivity index (χ1v) is 7.08. The van der Waals surface area contributed by atoms with E-state index in [1.807, 2.05) is 0 Å². The van der Waals surface area contributed by atoms with E-state index in [1.165, 1.54) is 18.7 Å². The molecule has 1 aromatic heterocycles. The lowest BCUT2D eigenvalue weighted by Crippen LogP contribution is -2.27. The van der Waals surface area contributed by atoms with Crippen molar-refractivity contribution < 1.29 is 0 Å². The second-order valence-corrected chi connectivity index (χ2v) is 5.52. The van der Waals surface area contributed by atoms with E-state index in [2.05, 4.69) is 49.2 Å². The lowest BCUT2D eigenvalue weighted by atomic mass is 10.1. The summed E-state index contributed by atoms with van der Waals surface area (Å²) in [6, 6.07) is 7.06. The van der Waals surface area contributed by atoms with Gasteiger partial charge < -0.3 is 5.32 Å². The van der Waals surface area contributed by atoms with E-state index in [0.717, 1.165) is 31.2 Å². The third-order valence-electron chi connectivity index (χ3n) is 3.70. The molecule has 3 heteroatoms. The van der Waals surface area contributed by atoms with Crippen LogP contribution in [0.25, 0.3) is 0 Å². The van der Waals surface area contributed by atoms with Crippen LogP contribution in [0.1, 0.15) is 38.6 Å². The van der Waals surface area contributed by atoms with Gasteiger partial charge in [-0.1, -0.05) is 19.9 Å². The zero-order valence-corrected chi connectivity index (χ0v) is 11.8. The Morgan fingerprint density at radius 3 is 2.78 bits per heavy atom. The van der Waals surface area contributed by atoms with Crippen LogP contribution in [0.3, 0.4) is 0 Å². The number of nitrogens with one attached hydrogen (secondary N) is 1. The molecule has 0 amide bonds. The molecule has 0 aromatic carbocycles. The maximum Gasteiger partial charge on any atom is 0.0547 e. The molecule has 2 atom stereocenters. The third kappa shape index (κ3) is 3.53. The molecule has 1 saturated heterocycles. The standard InChI is InChI=1S/C15H25N3/c1-4-16-9-14-6-5-7-15(17-14)11-18-10-12(2)8-13(18)3/h5-7,12-13,16H,4,8-11H2,1-3H3. The summed E-state index contributed by atoms with van der Waals surface area (Å²) in [5, 5.41) is 3.33. The average molecular weight is 247 g/mol. The van der Waals surface area contributed by atoms with Crippen molar-refractivity contribution in [3.05, 3.63) is 29.6 Å². The second-order valence-electron chi connectivity index (χ2n) is 5.52. The molecule has 0 bridgehead atoms. The Hall–Kier alpha value is -0.930. The summed E-state index contributed by atoms with van der Waals surface area (Å²) in [6.07, 6.45) is 1.32. The Bertz CT molecular complexity index is 378. The maximum atomic E-state index is 4.73. The highest BCUT2D eigenvalue weighted by Gasteiger charge is 2.25. The number of nitrogens with zero attached hydrogens (tertiary/aromatic N) is 2. The molecule has 0 spiro atoms. The molecule has 0 aliphatic carbocycles. The van der Waals surface area contributed by atoms with Crippen molar-refractivity contribution in [3.8, 4) is 0 Å². The number of pyridine rings is 1. The average Bonchev–Trinajstić information content (AvgIpc) is 2.66. The quantitative estimate of drug-likeness (QED) is 0.866. The molecular weight excluding hydrogens is 222 g/mol. The monoisotopic (exact) mass is 247 g/mol. The fraction of sp³-hybridized carbons (Fsp3) is 0.667. The first kappa shape index (κ1) is 13.5. The Kier molecular flexibility index (Phi) is 4.72. The van der Waals surface area contributed by atoms with E-state index < -0.39 is 0 Å². The van der Waals surface area contributed by atoms with Gasteiger partial charge >= 0.3 is 0 Å². The smallest absolute Gasteiger partial charge is 0.0547 e. The highest BCUT2D eigenvalue weighted by Crippen LogP contribution is 2.23. The van der Waals surface area contributed by atoms with E-state index in [-0.39, 0.29) is 0 Å². The normalized spacial score (nSPS) is 24.6. The van der Waals surface area contributed by atoms with Crippen molar-refractivity contribution in [2.24, 2.45) is 5.92 Å². The third-order valence-corrected chi connectivity index (χ3v) is 3.70. The fourth-order valence-corrected chi connectivity index (χ4v) is 2.78. The van der Waals surface area contributed by atoms with Crippen molar-refractivity contribution in [2.75, 3.05) is 13.1 Å². The fourth-order valence-electron chi connectivity index (χ4n) is 2.78. The first-order chi connectivity index (χ1) is 8.69. The molecule has 2 unspecified atom stereocenters. The molecule has 18 heavy (non-hydrogen) atoms. The molecular formula is C15H25N3. The largest absolute Gasteiger partial charge is 0.311 e. The summed E-state index contributed by atoms with van der Waals surface area (Å²) in [6.45, 7) is 10.9. The molecule has 1 fully saturated rings. The number of rotatable bonds is 5. The van der Waals surface area contributed by atoms with Gasteiger partial charge in [-0.25, -0.2) is 0 Å². The van der Waals surface area contributed by atoms with E-state index >= 15 is 0 Å². The minimum absolute atomic E-state index is 0.694. The summed E-state index contributed by atoms with van der Waals surface area (Å²) in [7, 11) is 0. The van der Waals surface area contributed by atoms with Gasteiger partial charge in [0.05, 0.1) is 11.4 Å². The van der Waals surface area contributed by atoms with E-state index in [1.54, 1.807) is 0 Å². The Labute approximate surface area is 111 Å². The molecule has 100 valence electrons. The van der Waals surface area contributed by atoms with Crippen LogP contribution in [0.15, 0.2) is 18.2 Å². The van der Waals surface area contributed by atoms with Crippen molar-refractivity contribution in [1.82, 2.24) is 15.2 Å². The van der Waals surface area contributed by atoms with Crippen LogP contribution in [0.4, 0.5) is 0 Å².